The Bertz CT molecular complexity index is 499. The van der Waals surface area contributed by atoms with Crippen LogP contribution in [0.15, 0.2) is 53.4 Å². The maximum Gasteiger partial charge on any atom is 0.115 e. The molecule has 0 saturated heterocycles. The van der Waals surface area contributed by atoms with Gasteiger partial charge in [0.15, 0.2) is 0 Å². The Labute approximate surface area is 106 Å². The van der Waals surface area contributed by atoms with Crippen LogP contribution in [0.2, 0.25) is 0 Å². The van der Waals surface area contributed by atoms with Gasteiger partial charge in [-0.25, -0.2) is 0 Å². The maximum absolute atomic E-state index is 9.36. The van der Waals surface area contributed by atoms with Crippen molar-refractivity contribution in [2.45, 2.75) is 11.4 Å². The van der Waals surface area contributed by atoms with Crippen LogP contribution in [0, 0.1) is 0 Å². The number of nitrogens with one attached hydrogen (secondary N) is 1. The highest BCUT2D eigenvalue weighted by atomic mass is 32.2. The first kappa shape index (κ1) is 11.9. The van der Waals surface area contributed by atoms with E-state index < -0.39 is 0 Å². The van der Waals surface area contributed by atoms with Crippen LogP contribution in [0.1, 0.15) is 5.56 Å². The third-order valence-corrected chi connectivity index (χ3v) is 3.20. The molecule has 0 amide bonds. The van der Waals surface area contributed by atoms with Gasteiger partial charge in [0.1, 0.15) is 5.75 Å². The molecule has 0 aromatic heterocycles. The number of hydrogen-bond acceptors (Lipinski definition) is 3. The van der Waals surface area contributed by atoms with Crippen LogP contribution in [0.3, 0.4) is 0 Å². The zero-order valence-electron chi connectivity index (χ0n) is 9.68. The second-order valence-electron chi connectivity index (χ2n) is 3.76. The van der Waals surface area contributed by atoms with Gasteiger partial charge in [-0.2, -0.15) is 0 Å². The van der Waals surface area contributed by atoms with Crippen molar-refractivity contribution in [2.75, 3.05) is 11.6 Å². The lowest BCUT2D eigenvalue weighted by atomic mass is 10.2. The lowest BCUT2D eigenvalue weighted by molar-refractivity contribution is 0.474. The normalized spacial score (nSPS) is 10.2. The highest BCUT2D eigenvalue weighted by Gasteiger charge is 1.96. The molecular weight excluding hydrogens is 230 g/mol. The topological polar surface area (TPSA) is 32.3 Å². The maximum atomic E-state index is 9.36. The smallest absolute Gasteiger partial charge is 0.115 e. The molecule has 2 aromatic rings. The van der Waals surface area contributed by atoms with E-state index in [0.717, 1.165) is 11.3 Å². The molecule has 0 saturated carbocycles. The summed E-state index contributed by atoms with van der Waals surface area (Å²) in [6, 6.07) is 15.6. The number of anilines is 1. The number of thioether (sulfide) groups is 1. The fraction of sp³-hybridized carbons (Fsp3) is 0.143. The van der Waals surface area contributed by atoms with Crippen LogP contribution in [0.25, 0.3) is 0 Å². The first-order valence-corrected chi connectivity index (χ1v) is 6.66. The Morgan fingerprint density at radius 1 is 1.12 bits per heavy atom. The standard InChI is InChI=1S/C14H15NOS/c1-17-14-7-3-5-12(9-14)15-10-11-4-2-6-13(16)8-11/h2-9,15-16H,10H2,1H3. The number of phenols is 1. The first-order valence-electron chi connectivity index (χ1n) is 5.44. The van der Waals surface area contributed by atoms with Gasteiger partial charge in [0.05, 0.1) is 0 Å². The van der Waals surface area contributed by atoms with E-state index in [1.54, 1.807) is 23.9 Å². The fourth-order valence-electron chi connectivity index (χ4n) is 1.60. The Morgan fingerprint density at radius 2 is 1.94 bits per heavy atom. The van der Waals surface area contributed by atoms with Gasteiger partial charge >= 0.3 is 0 Å². The van der Waals surface area contributed by atoms with Gasteiger partial charge in [0.2, 0.25) is 0 Å². The van der Waals surface area contributed by atoms with E-state index in [2.05, 4.69) is 23.7 Å². The van der Waals surface area contributed by atoms with Crippen LogP contribution in [0.5, 0.6) is 5.75 Å². The van der Waals surface area contributed by atoms with E-state index in [-0.39, 0.29) is 0 Å². The SMILES string of the molecule is CSc1cccc(NCc2cccc(O)c2)c1. The van der Waals surface area contributed by atoms with Crippen LogP contribution in [-0.4, -0.2) is 11.4 Å². The summed E-state index contributed by atoms with van der Waals surface area (Å²) < 4.78 is 0. The van der Waals surface area contributed by atoms with Crippen molar-refractivity contribution >= 4 is 17.4 Å². The fourth-order valence-corrected chi connectivity index (χ4v) is 2.06. The highest BCUT2D eigenvalue weighted by molar-refractivity contribution is 7.98. The van der Waals surface area contributed by atoms with E-state index in [1.807, 2.05) is 24.3 Å². The second-order valence-corrected chi connectivity index (χ2v) is 4.64. The van der Waals surface area contributed by atoms with Gasteiger partial charge in [0.25, 0.3) is 0 Å². The summed E-state index contributed by atoms with van der Waals surface area (Å²) in [4.78, 5) is 1.24. The lowest BCUT2D eigenvalue weighted by Crippen LogP contribution is -1.98. The zero-order chi connectivity index (χ0) is 12.1. The number of phenolic OH excluding ortho intramolecular Hbond substituents is 1. The lowest BCUT2D eigenvalue weighted by Gasteiger charge is -2.08. The van der Waals surface area contributed by atoms with Crippen LogP contribution in [-0.2, 0) is 6.54 Å². The molecule has 3 heteroatoms. The predicted molar refractivity (Wildman–Crippen MR) is 73.7 cm³/mol. The van der Waals surface area contributed by atoms with Crippen molar-refractivity contribution in [1.29, 1.82) is 0 Å². The molecule has 0 fully saturated rings. The van der Waals surface area contributed by atoms with Crippen molar-refractivity contribution in [2.24, 2.45) is 0 Å². The molecule has 0 aliphatic rings. The third-order valence-electron chi connectivity index (χ3n) is 2.48. The molecule has 0 aliphatic heterocycles. The van der Waals surface area contributed by atoms with Crippen molar-refractivity contribution in [1.82, 2.24) is 0 Å². The molecule has 0 heterocycles. The summed E-state index contributed by atoms with van der Waals surface area (Å²) >= 11 is 1.73. The molecule has 0 atom stereocenters. The average Bonchev–Trinajstić information content (AvgIpc) is 2.37. The van der Waals surface area contributed by atoms with E-state index >= 15 is 0 Å². The minimum Gasteiger partial charge on any atom is -0.508 e. The van der Waals surface area contributed by atoms with E-state index in [0.29, 0.717) is 12.3 Å². The molecule has 0 spiro atoms. The second kappa shape index (κ2) is 5.64. The Balaban J connectivity index is 2.02. The molecular formula is C14H15NOS. The molecule has 2 N–H and O–H groups in total. The molecule has 2 rings (SSSR count). The van der Waals surface area contributed by atoms with Gasteiger partial charge < -0.3 is 10.4 Å². The van der Waals surface area contributed by atoms with Crippen LogP contribution >= 0.6 is 11.8 Å². The molecule has 17 heavy (non-hydrogen) atoms. The first-order chi connectivity index (χ1) is 8.28. The quantitative estimate of drug-likeness (QED) is 0.805. The molecule has 0 bridgehead atoms. The summed E-state index contributed by atoms with van der Waals surface area (Å²) in [6.07, 6.45) is 2.06. The van der Waals surface area contributed by atoms with E-state index in [4.69, 9.17) is 0 Å². The monoisotopic (exact) mass is 245 g/mol. The summed E-state index contributed by atoms with van der Waals surface area (Å²) in [5.41, 5.74) is 2.17. The van der Waals surface area contributed by atoms with Gasteiger partial charge in [0, 0.05) is 17.1 Å². The molecule has 2 aromatic carbocycles. The molecule has 0 unspecified atom stereocenters. The van der Waals surface area contributed by atoms with Gasteiger partial charge in [-0.05, 0) is 42.2 Å². The highest BCUT2D eigenvalue weighted by Crippen LogP contribution is 2.20. The zero-order valence-corrected chi connectivity index (χ0v) is 10.5. The van der Waals surface area contributed by atoms with E-state index in [1.165, 1.54) is 4.90 Å². The number of rotatable bonds is 4. The third kappa shape index (κ3) is 3.43. The molecule has 0 aliphatic carbocycles. The number of hydrogen-bond donors (Lipinski definition) is 2. The summed E-state index contributed by atoms with van der Waals surface area (Å²) in [5.74, 6) is 0.308. The Morgan fingerprint density at radius 3 is 2.71 bits per heavy atom. The molecule has 2 nitrogen and oxygen atoms in total. The average molecular weight is 245 g/mol. The van der Waals surface area contributed by atoms with Gasteiger partial charge in [-0.15, -0.1) is 11.8 Å². The Kier molecular flexibility index (Phi) is 3.94. The minimum absolute atomic E-state index is 0.308. The summed E-state index contributed by atoms with van der Waals surface area (Å²) in [5, 5.41) is 12.7. The van der Waals surface area contributed by atoms with Crippen LogP contribution < -0.4 is 5.32 Å². The van der Waals surface area contributed by atoms with Crippen molar-refractivity contribution in [3.63, 3.8) is 0 Å². The van der Waals surface area contributed by atoms with Crippen molar-refractivity contribution in [3.05, 3.63) is 54.1 Å². The largest absolute Gasteiger partial charge is 0.508 e. The van der Waals surface area contributed by atoms with Crippen molar-refractivity contribution < 1.29 is 5.11 Å². The summed E-state index contributed by atoms with van der Waals surface area (Å²) in [7, 11) is 0. The van der Waals surface area contributed by atoms with Gasteiger partial charge in [-0.1, -0.05) is 18.2 Å². The predicted octanol–water partition coefficient (Wildman–Crippen LogP) is 3.73. The van der Waals surface area contributed by atoms with Crippen molar-refractivity contribution in [3.8, 4) is 5.75 Å². The number of aromatic hydroxyl groups is 1. The Hall–Kier alpha value is -1.61. The van der Waals surface area contributed by atoms with Crippen LogP contribution in [0.4, 0.5) is 5.69 Å². The molecule has 0 radical (unpaired) electrons. The van der Waals surface area contributed by atoms with Gasteiger partial charge in [-0.3, -0.25) is 0 Å². The minimum atomic E-state index is 0.308. The van der Waals surface area contributed by atoms with E-state index in [9.17, 15) is 5.11 Å². The number of benzene rings is 2. The molecule has 88 valence electrons. The summed E-state index contributed by atoms with van der Waals surface area (Å²) in [6.45, 7) is 0.715.